The third kappa shape index (κ3) is 4.62. The van der Waals surface area contributed by atoms with Gasteiger partial charge in [0, 0.05) is 50.6 Å². The van der Waals surface area contributed by atoms with Gasteiger partial charge in [-0.15, -0.1) is 0 Å². The maximum atomic E-state index is 12.6. The lowest BCUT2D eigenvalue weighted by Crippen LogP contribution is -2.47. The molecule has 0 saturated carbocycles. The minimum absolute atomic E-state index is 0.0133. The number of nitrogens with zero attached hydrogens (tertiary/aromatic N) is 4. The van der Waals surface area contributed by atoms with Crippen molar-refractivity contribution in [1.29, 1.82) is 0 Å². The molecule has 1 aromatic carbocycles. The zero-order chi connectivity index (χ0) is 20.1. The van der Waals surface area contributed by atoms with Crippen molar-refractivity contribution in [2.45, 2.75) is 20.8 Å². The van der Waals surface area contributed by atoms with E-state index >= 15 is 0 Å². The van der Waals surface area contributed by atoms with Crippen molar-refractivity contribution in [3.8, 4) is 0 Å². The second-order valence-corrected chi connectivity index (χ2v) is 7.32. The van der Waals surface area contributed by atoms with E-state index in [4.69, 9.17) is 0 Å². The molecule has 28 heavy (non-hydrogen) atoms. The van der Waals surface area contributed by atoms with Gasteiger partial charge in [-0.1, -0.05) is 0 Å². The standard InChI is InChI=1S/C22H31N5O/c1-5-26(6-2)19-8-10-20(17(3)15-19)24-18-7-9-21(23-16-18)22(28)27-13-11-25(4)12-14-27/h7-10,15-16,24H,5-6,11-14H2,1-4H3. The largest absolute Gasteiger partial charge is 0.372 e. The summed E-state index contributed by atoms with van der Waals surface area (Å²) in [7, 11) is 2.08. The SMILES string of the molecule is CCN(CC)c1ccc(Nc2ccc(C(=O)N3CCN(C)CC3)nc2)c(C)c1. The van der Waals surface area contributed by atoms with Gasteiger partial charge in [0.05, 0.1) is 11.9 Å². The van der Waals surface area contributed by atoms with E-state index in [0.717, 1.165) is 50.6 Å². The van der Waals surface area contributed by atoms with Crippen LogP contribution in [0.3, 0.4) is 0 Å². The maximum Gasteiger partial charge on any atom is 0.272 e. The molecule has 0 bridgehead atoms. The molecular weight excluding hydrogens is 350 g/mol. The number of carbonyl (C=O) groups is 1. The molecule has 1 aliphatic heterocycles. The molecule has 0 aliphatic carbocycles. The Labute approximate surface area is 168 Å². The summed E-state index contributed by atoms with van der Waals surface area (Å²) in [6.07, 6.45) is 1.74. The molecule has 0 spiro atoms. The number of benzene rings is 1. The lowest BCUT2D eigenvalue weighted by Gasteiger charge is -2.32. The molecule has 1 fully saturated rings. The molecule has 1 N–H and O–H groups in total. The van der Waals surface area contributed by atoms with Crippen molar-refractivity contribution in [1.82, 2.24) is 14.8 Å². The number of piperazine rings is 1. The molecule has 6 heteroatoms. The molecule has 2 aromatic rings. The second-order valence-electron chi connectivity index (χ2n) is 7.32. The van der Waals surface area contributed by atoms with E-state index in [9.17, 15) is 4.79 Å². The van der Waals surface area contributed by atoms with Crippen molar-refractivity contribution in [3.63, 3.8) is 0 Å². The molecular formula is C22H31N5O. The first-order valence-corrected chi connectivity index (χ1v) is 10.1. The first-order chi connectivity index (χ1) is 13.5. The third-order valence-corrected chi connectivity index (χ3v) is 5.39. The number of nitrogens with one attached hydrogen (secondary N) is 1. The van der Waals surface area contributed by atoms with Gasteiger partial charge >= 0.3 is 0 Å². The van der Waals surface area contributed by atoms with Crippen molar-refractivity contribution < 1.29 is 4.79 Å². The van der Waals surface area contributed by atoms with Gasteiger partial charge in [-0.05, 0) is 63.7 Å². The fourth-order valence-electron chi connectivity index (χ4n) is 3.49. The van der Waals surface area contributed by atoms with Crippen molar-refractivity contribution in [2.75, 3.05) is 56.5 Å². The van der Waals surface area contributed by atoms with E-state index in [-0.39, 0.29) is 5.91 Å². The third-order valence-electron chi connectivity index (χ3n) is 5.39. The fraction of sp³-hybridized carbons (Fsp3) is 0.455. The Morgan fingerprint density at radius 1 is 1.11 bits per heavy atom. The highest BCUT2D eigenvalue weighted by Gasteiger charge is 2.21. The van der Waals surface area contributed by atoms with Crippen LogP contribution in [-0.2, 0) is 0 Å². The Morgan fingerprint density at radius 3 is 2.39 bits per heavy atom. The van der Waals surface area contributed by atoms with E-state index in [1.54, 1.807) is 6.20 Å². The van der Waals surface area contributed by atoms with Gasteiger partial charge < -0.3 is 20.0 Å². The minimum Gasteiger partial charge on any atom is -0.372 e. The summed E-state index contributed by atoms with van der Waals surface area (Å²) in [4.78, 5) is 23.4. The lowest BCUT2D eigenvalue weighted by molar-refractivity contribution is 0.0658. The average Bonchev–Trinajstić information content (AvgIpc) is 2.71. The molecule has 0 atom stereocenters. The summed E-state index contributed by atoms with van der Waals surface area (Å²) in [6, 6.07) is 10.2. The summed E-state index contributed by atoms with van der Waals surface area (Å²) < 4.78 is 0. The maximum absolute atomic E-state index is 12.6. The average molecular weight is 382 g/mol. The van der Waals surface area contributed by atoms with Gasteiger partial charge in [0.2, 0.25) is 0 Å². The molecule has 0 unspecified atom stereocenters. The van der Waals surface area contributed by atoms with Crippen LogP contribution in [0.2, 0.25) is 0 Å². The zero-order valence-corrected chi connectivity index (χ0v) is 17.4. The van der Waals surface area contributed by atoms with E-state index in [2.05, 4.69) is 66.1 Å². The Balaban J connectivity index is 1.66. The van der Waals surface area contributed by atoms with Crippen molar-refractivity contribution in [3.05, 3.63) is 47.8 Å². The number of anilines is 3. The van der Waals surface area contributed by atoms with E-state index < -0.39 is 0 Å². The number of pyridine rings is 1. The molecule has 1 aromatic heterocycles. The van der Waals surface area contributed by atoms with Gasteiger partial charge in [0.1, 0.15) is 5.69 Å². The normalized spacial score (nSPS) is 14.8. The van der Waals surface area contributed by atoms with Crippen LogP contribution in [-0.4, -0.2) is 67.0 Å². The monoisotopic (exact) mass is 381 g/mol. The van der Waals surface area contributed by atoms with Crippen LogP contribution in [0.25, 0.3) is 0 Å². The van der Waals surface area contributed by atoms with Crippen LogP contribution < -0.4 is 10.2 Å². The fourth-order valence-corrected chi connectivity index (χ4v) is 3.49. The van der Waals surface area contributed by atoms with Crippen LogP contribution in [0, 0.1) is 6.92 Å². The van der Waals surface area contributed by atoms with Gasteiger partial charge in [-0.3, -0.25) is 4.79 Å². The number of likely N-dealkylation sites (N-methyl/N-ethyl adjacent to an activating group) is 1. The summed E-state index contributed by atoms with van der Waals surface area (Å²) in [5.41, 5.74) is 4.86. The predicted octanol–water partition coefficient (Wildman–Crippen LogP) is 3.37. The van der Waals surface area contributed by atoms with Gasteiger partial charge in [-0.25, -0.2) is 4.98 Å². The molecule has 0 radical (unpaired) electrons. The molecule has 1 aliphatic rings. The summed E-state index contributed by atoms with van der Waals surface area (Å²) in [5.74, 6) is 0.0133. The van der Waals surface area contributed by atoms with Gasteiger partial charge in [0.15, 0.2) is 0 Å². The highest BCUT2D eigenvalue weighted by Crippen LogP contribution is 2.25. The first-order valence-electron chi connectivity index (χ1n) is 10.1. The molecule has 3 rings (SSSR count). The van der Waals surface area contributed by atoms with Crippen LogP contribution in [0.15, 0.2) is 36.5 Å². The highest BCUT2D eigenvalue weighted by atomic mass is 16.2. The van der Waals surface area contributed by atoms with Crippen molar-refractivity contribution in [2.24, 2.45) is 0 Å². The molecule has 1 amide bonds. The number of carbonyl (C=O) groups excluding carboxylic acids is 1. The van der Waals surface area contributed by atoms with Crippen LogP contribution >= 0.6 is 0 Å². The van der Waals surface area contributed by atoms with Gasteiger partial charge in [-0.2, -0.15) is 0 Å². The van der Waals surface area contributed by atoms with E-state index in [1.165, 1.54) is 11.3 Å². The minimum atomic E-state index is 0.0133. The number of amides is 1. The Bertz CT molecular complexity index is 793. The van der Waals surface area contributed by atoms with E-state index in [1.807, 2.05) is 17.0 Å². The Hall–Kier alpha value is -2.60. The summed E-state index contributed by atoms with van der Waals surface area (Å²) in [6.45, 7) is 11.8. The molecule has 6 nitrogen and oxygen atoms in total. The topological polar surface area (TPSA) is 51.7 Å². The van der Waals surface area contributed by atoms with E-state index in [0.29, 0.717) is 5.69 Å². The predicted molar refractivity (Wildman–Crippen MR) is 116 cm³/mol. The van der Waals surface area contributed by atoms with Gasteiger partial charge in [0.25, 0.3) is 5.91 Å². The number of aryl methyl sites for hydroxylation is 1. The second kappa shape index (κ2) is 9.06. The summed E-state index contributed by atoms with van der Waals surface area (Å²) >= 11 is 0. The molecule has 2 heterocycles. The summed E-state index contributed by atoms with van der Waals surface area (Å²) in [5, 5.41) is 3.41. The molecule has 1 saturated heterocycles. The van der Waals surface area contributed by atoms with Crippen LogP contribution in [0.1, 0.15) is 29.9 Å². The smallest absolute Gasteiger partial charge is 0.272 e. The van der Waals surface area contributed by atoms with Crippen molar-refractivity contribution >= 4 is 23.0 Å². The number of aromatic nitrogens is 1. The first kappa shape index (κ1) is 20.1. The molecule has 150 valence electrons. The Morgan fingerprint density at radius 2 is 1.82 bits per heavy atom. The zero-order valence-electron chi connectivity index (χ0n) is 17.4. The Kier molecular flexibility index (Phi) is 6.52. The van der Waals surface area contributed by atoms with Crippen LogP contribution in [0.5, 0.6) is 0 Å². The number of hydrogen-bond donors (Lipinski definition) is 1. The quantitative estimate of drug-likeness (QED) is 0.831. The highest BCUT2D eigenvalue weighted by molar-refractivity contribution is 5.92. The number of rotatable bonds is 6. The number of hydrogen-bond acceptors (Lipinski definition) is 5. The van der Waals surface area contributed by atoms with Crippen LogP contribution in [0.4, 0.5) is 17.1 Å². The lowest BCUT2D eigenvalue weighted by atomic mass is 10.1.